The molecule has 1 rings (SSSR count). The Morgan fingerprint density at radius 1 is 1.28 bits per heavy atom. The van der Waals surface area contributed by atoms with E-state index in [1.54, 1.807) is 0 Å². The van der Waals surface area contributed by atoms with Crippen LogP contribution in [-0.4, -0.2) is 21.3 Å². The van der Waals surface area contributed by atoms with Gasteiger partial charge in [-0.05, 0) is 24.1 Å². The molecule has 1 atom stereocenters. The molecule has 0 saturated carbocycles. The minimum Gasteiger partial charge on any atom is -0.270 e. The van der Waals surface area contributed by atoms with Gasteiger partial charge in [0.05, 0.1) is 12.9 Å². The lowest BCUT2D eigenvalue weighted by Gasteiger charge is -2.16. The smallest absolute Gasteiger partial charge is 0.264 e. The molecule has 1 aromatic rings. The maximum absolute atomic E-state index is 11.1. The lowest BCUT2D eigenvalue weighted by atomic mass is 9.94. The van der Waals surface area contributed by atoms with Gasteiger partial charge in [0.1, 0.15) is 0 Å². The van der Waals surface area contributed by atoms with Crippen molar-refractivity contribution in [2.24, 2.45) is 0 Å². The Bertz CT molecular complexity index is 454. The summed E-state index contributed by atoms with van der Waals surface area (Å²) in [4.78, 5) is 0. The van der Waals surface area contributed by atoms with E-state index in [1.807, 2.05) is 24.3 Å². The second-order valence-electron chi connectivity index (χ2n) is 4.38. The van der Waals surface area contributed by atoms with Crippen LogP contribution in [0.3, 0.4) is 0 Å². The zero-order chi connectivity index (χ0) is 13.6. The average molecular weight is 335 g/mol. The summed E-state index contributed by atoms with van der Waals surface area (Å²) in [5.74, 6) is 0.132. The Morgan fingerprint density at radius 3 is 2.39 bits per heavy atom. The van der Waals surface area contributed by atoms with Crippen molar-refractivity contribution in [2.45, 2.75) is 32.1 Å². The molecule has 0 fully saturated rings. The molecule has 0 spiro atoms. The summed E-state index contributed by atoms with van der Waals surface area (Å²) in [6.45, 7) is 2.34. The van der Waals surface area contributed by atoms with Crippen molar-refractivity contribution in [1.82, 2.24) is 0 Å². The lowest BCUT2D eigenvalue weighted by Crippen LogP contribution is -2.12. The first-order valence-corrected chi connectivity index (χ1v) is 8.63. The fourth-order valence-electron chi connectivity index (χ4n) is 1.74. The van der Waals surface area contributed by atoms with Gasteiger partial charge in [-0.15, -0.1) is 0 Å². The zero-order valence-electron chi connectivity index (χ0n) is 10.7. The van der Waals surface area contributed by atoms with Crippen LogP contribution in [0.2, 0.25) is 0 Å². The van der Waals surface area contributed by atoms with Gasteiger partial charge in [0.2, 0.25) is 0 Å². The highest BCUT2D eigenvalue weighted by Gasteiger charge is 2.14. The first-order chi connectivity index (χ1) is 8.42. The summed E-state index contributed by atoms with van der Waals surface area (Å²) in [5.41, 5.74) is 1.12. The van der Waals surface area contributed by atoms with Gasteiger partial charge in [0, 0.05) is 10.4 Å². The van der Waals surface area contributed by atoms with E-state index in [9.17, 15) is 8.42 Å². The third-order valence-corrected chi connectivity index (χ3v) is 3.82. The van der Waals surface area contributed by atoms with Gasteiger partial charge in [-0.2, -0.15) is 8.42 Å². The minimum absolute atomic E-state index is 0.132. The van der Waals surface area contributed by atoms with Crippen LogP contribution in [0.15, 0.2) is 28.7 Å². The largest absolute Gasteiger partial charge is 0.270 e. The molecule has 0 amide bonds. The van der Waals surface area contributed by atoms with E-state index in [-0.39, 0.29) is 12.5 Å². The van der Waals surface area contributed by atoms with E-state index in [1.165, 1.54) is 0 Å². The highest BCUT2D eigenvalue weighted by atomic mass is 79.9. The summed E-state index contributed by atoms with van der Waals surface area (Å²) >= 11 is 3.39. The summed E-state index contributed by atoms with van der Waals surface area (Å²) in [7, 11) is -3.37. The second kappa shape index (κ2) is 7.26. The molecule has 0 radical (unpaired) electrons. The van der Waals surface area contributed by atoms with Crippen molar-refractivity contribution in [3.63, 3.8) is 0 Å². The van der Waals surface area contributed by atoms with Gasteiger partial charge in [-0.1, -0.05) is 47.8 Å². The molecule has 0 aliphatic carbocycles. The molecule has 0 saturated heterocycles. The SMILES string of the molecule is CCCCC(COS(C)(=O)=O)c1ccc(Br)cc1. The molecule has 1 unspecified atom stereocenters. The van der Waals surface area contributed by atoms with Crippen molar-refractivity contribution >= 4 is 26.0 Å². The predicted octanol–water partition coefficient (Wildman–Crippen LogP) is 3.70. The Hall–Kier alpha value is -0.390. The van der Waals surface area contributed by atoms with Crippen molar-refractivity contribution in [2.75, 3.05) is 12.9 Å². The number of benzene rings is 1. The van der Waals surface area contributed by atoms with E-state index < -0.39 is 10.1 Å². The van der Waals surface area contributed by atoms with Gasteiger partial charge in [0.15, 0.2) is 0 Å². The third kappa shape index (κ3) is 5.98. The quantitative estimate of drug-likeness (QED) is 0.714. The van der Waals surface area contributed by atoms with Crippen LogP contribution >= 0.6 is 15.9 Å². The van der Waals surface area contributed by atoms with E-state index in [0.717, 1.165) is 35.6 Å². The van der Waals surface area contributed by atoms with E-state index >= 15 is 0 Å². The zero-order valence-corrected chi connectivity index (χ0v) is 13.1. The van der Waals surface area contributed by atoms with Crippen LogP contribution in [0.4, 0.5) is 0 Å². The van der Waals surface area contributed by atoms with Crippen LogP contribution in [-0.2, 0) is 14.3 Å². The molecule has 0 bridgehead atoms. The predicted molar refractivity (Wildman–Crippen MR) is 77.2 cm³/mol. The van der Waals surface area contributed by atoms with Gasteiger partial charge in [0.25, 0.3) is 10.1 Å². The molecular weight excluding hydrogens is 316 g/mol. The molecule has 0 heterocycles. The summed E-state index contributed by atoms with van der Waals surface area (Å²) in [6.07, 6.45) is 4.18. The monoisotopic (exact) mass is 334 g/mol. The van der Waals surface area contributed by atoms with Gasteiger partial charge >= 0.3 is 0 Å². The molecule has 1 aromatic carbocycles. The molecule has 3 nitrogen and oxygen atoms in total. The maximum atomic E-state index is 11.1. The normalized spacial score (nSPS) is 13.5. The van der Waals surface area contributed by atoms with E-state index in [0.29, 0.717) is 0 Å². The van der Waals surface area contributed by atoms with Crippen molar-refractivity contribution in [3.8, 4) is 0 Å². The Balaban J connectivity index is 2.74. The Kier molecular flexibility index (Phi) is 6.32. The summed E-state index contributed by atoms with van der Waals surface area (Å²) in [6, 6.07) is 7.95. The molecule has 0 N–H and O–H groups in total. The summed E-state index contributed by atoms with van der Waals surface area (Å²) in [5, 5.41) is 0. The average Bonchev–Trinajstić information content (AvgIpc) is 2.29. The van der Waals surface area contributed by atoms with Gasteiger partial charge in [-0.25, -0.2) is 0 Å². The molecule has 18 heavy (non-hydrogen) atoms. The highest BCUT2D eigenvalue weighted by Crippen LogP contribution is 2.24. The Morgan fingerprint density at radius 2 is 1.89 bits per heavy atom. The van der Waals surface area contributed by atoms with Crippen molar-refractivity contribution in [1.29, 1.82) is 0 Å². The minimum atomic E-state index is -3.37. The molecule has 5 heteroatoms. The fourth-order valence-corrected chi connectivity index (χ4v) is 2.41. The highest BCUT2D eigenvalue weighted by molar-refractivity contribution is 9.10. The standard InChI is InChI=1S/C13H19BrO3S/c1-3-4-5-12(10-17-18(2,15)16)11-6-8-13(14)9-7-11/h6-9,12H,3-5,10H2,1-2H3. The van der Waals surface area contributed by atoms with Crippen molar-refractivity contribution < 1.29 is 12.6 Å². The fraction of sp³-hybridized carbons (Fsp3) is 0.538. The number of hydrogen-bond donors (Lipinski definition) is 0. The second-order valence-corrected chi connectivity index (χ2v) is 6.94. The molecule has 0 aromatic heterocycles. The van der Waals surface area contributed by atoms with Crippen LogP contribution in [0.25, 0.3) is 0 Å². The van der Waals surface area contributed by atoms with Crippen molar-refractivity contribution in [3.05, 3.63) is 34.3 Å². The molecular formula is C13H19BrO3S. The first kappa shape index (κ1) is 15.7. The van der Waals surface area contributed by atoms with Gasteiger partial charge in [-0.3, -0.25) is 4.18 Å². The Labute approximate surface area is 118 Å². The topological polar surface area (TPSA) is 43.4 Å². The third-order valence-electron chi connectivity index (χ3n) is 2.73. The lowest BCUT2D eigenvalue weighted by molar-refractivity contribution is 0.285. The van der Waals surface area contributed by atoms with Crippen LogP contribution in [0.1, 0.15) is 37.7 Å². The molecule has 102 valence electrons. The van der Waals surface area contributed by atoms with E-state index in [2.05, 4.69) is 22.9 Å². The summed E-state index contributed by atoms with van der Waals surface area (Å²) < 4.78 is 28.1. The molecule has 0 aliphatic heterocycles. The molecule has 0 aliphatic rings. The number of hydrogen-bond acceptors (Lipinski definition) is 3. The first-order valence-electron chi connectivity index (χ1n) is 6.02. The number of unbranched alkanes of at least 4 members (excludes halogenated alkanes) is 1. The number of halogens is 1. The van der Waals surface area contributed by atoms with Crippen LogP contribution in [0, 0.1) is 0 Å². The maximum Gasteiger partial charge on any atom is 0.264 e. The van der Waals surface area contributed by atoms with Crippen LogP contribution < -0.4 is 0 Å². The van der Waals surface area contributed by atoms with E-state index in [4.69, 9.17) is 4.18 Å². The number of rotatable bonds is 7. The van der Waals surface area contributed by atoms with Crippen LogP contribution in [0.5, 0.6) is 0 Å². The van der Waals surface area contributed by atoms with Gasteiger partial charge < -0.3 is 0 Å².